The Morgan fingerprint density at radius 1 is 1.36 bits per heavy atom. The van der Waals surface area contributed by atoms with E-state index in [-0.39, 0.29) is 12.2 Å². The van der Waals surface area contributed by atoms with Gasteiger partial charge in [-0.3, -0.25) is 9.48 Å². The van der Waals surface area contributed by atoms with Crippen LogP contribution >= 0.6 is 11.3 Å². The zero-order valence-corrected chi connectivity index (χ0v) is 14.6. The Labute approximate surface area is 147 Å². The van der Waals surface area contributed by atoms with E-state index in [0.29, 0.717) is 17.5 Å². The van der Waals surface area contributed by atoms with Crippen LogP contribution in [0.15, 0.2) is 30.5 Å². The van der Waals surface area contributed by atoms with E-state index in [1.807, 2.05) is 13.1 Å². The van der Waals surface area contributed by atoms with Gasteiger partial charge in [-0.1, -0.05) is 12.1 Å². The molecule has 0 bridgehead atoms. The Morgan fingerprint density at radius 2 is 2.16 bits per heavy atom. The summed E-state index contributed by atoms with van der Waals surface area (Å²) in [6.45, 7) is 1.64. The van der Waals surface area contributed by atoms with Gasteiger partial charge in [-0.15, -0.1) is 11.3 Å². The van der Waals surface area contributed by atoms with E-state index >= 15 is 0 Å². The van der Waals surface area contributed by atoms with Gasteiger partial charge in [-0.05, 0) is 30.2 Å². The number of carboxylic acids is 1. The summed E-state index contributed by atoms with van der Waals surface area (Å²) in [5.41, 5.74) is 1.47. The normalized spacial score (nSPS) is 19.2. The maximum absolute atomic E-state index is 14.0. The fourth-order valence-corrected chi connectivity index (χ4v) is 4.81. The van der Waals surface area contributed by atoms with Crippen molar-refractivity contribution in [1.82, 2.24) is 14.8 Å². The number of fused-ring (bicyclic) bond motifs is 1. The van der Waals surface area contributed by atoms with Crippen LogP contribution in [0, 0.1) is 12.7 Å². The predicted molar refractivity (Wildman–Crippen MR) is 92.2 cm³/mol. The number of benzene rings is 1. The van der Waals surface area contributed by atoms with Crippen molar-refractivity contribution in [3.05, 3.63) is 58.0 Å². The first-order valence-electron chi connectivity index (χ1n) is 7.88. The smallest absolute Gasteiger partial charge is 0.314 e. The highest BCUT2D eigenvalue weighted by Gasteiger charge is 2.48. The Morgan fingerprint density at radius 3 is 2.80 bits per heavy atom. The van der Waals surface area contributed by atoms with E-state index in [1.54, 1.807) is 29.9 Å². The molecule has 1 aliphatic carbocycles. The standard InChI is InChI=1S/C18H16FN3O2S/c1-10-11(4-3-5-12(10)19)18(17(23)24)8-13-15(9-18)25-16(21-13)14-6-7-20-22(14)2/h3-7H,8-9H2,1-2H3,(H,23,24). The summed E-state index contributed by atoms with van der Waals surface area (Å²) >= 11 is 1.49. The molecular weight excluding hydrogens is 341 g/mol. The monoisotopic (exact) mass is 357 g/mol. The van der Waals surface area contributed by atoms with Gasteiger partial charge in [0, 0.05) is 31.0 Å². The van der Waals surface area contributed by atoms with Gasteiger partial charge < -0.3 is 5.11 Å². The average molecular weight is 357 g/mol. The summed E-state index contributed by atoms with van der Waals surface area (Å²) in [5, 5.41) is 14.9. The number of aryl methyl sites for hydroxylation is 1. The number of carbonyl (C=O) groups is 1. The first kappa shape index (κ1) is 16.0. The van der Waals surface area contributed by atoms with Crippen molar-refractivity contribution < 1.29 is 14.3 Å². The highest BCUT2D eigenvalue weighted by atomic mass is 32.1. The highest BCUT2D eigenvalue weighted by molar-refractivity contribution is 7.15. The van der Waals surface area contributed by atoms with Crippen LogP contribution in [0.1, 0.15) is 21.7 Å². The van der Waals surface area contributed by atoms with Gasteiger partial charge in [-0.2, -0.15) is 5.10 Å². The van der Waals surface area contributed by atoms with Gasteiger partial charge in [0.1, 0.15) is 16.2 Å². The largest absolute Gasteiger partial charge is 0.481 e. The fourth-order valence-electron chi connectivity index (χ4n) is 3.56. The van der Waals surface area contributed by atoms with Gasteiger partial charge >= 0.3 is 5.97 Å². The molecule has 0 aliphatic heterocycles. The SMILES string of the molecule is Cc1c(F)cccc1C1(C(=O)O)Cc2nc(-c3ccnn3C)sc2C1. The van der Waals surface area contributed by atoms with Crippen molar-refractivity contribution in [2.45, 2.75) is 25.2 Å². The van der Waals surface area contributed by atoms with Gasteiger partial charge in [0.25, 0.3) is 0 Å². The molecule has 1 atom stereocenters. The van der Waals surface area contributed by atoms with Gasteiger partial charge in [0.05, 0.1) is 11.4 Å². The number of hydrogen-bond acceptors (Lipinski definition) is 4. The molecule has 0 fully saturated rings. The molecule has 0 spiro atoms. The lowest BCUT2D eigenvalue weighted by Crippen LogP contribution is -2.37. The van der Waals surface area contributed by atoms with Crippen LogP contribution in [-0.2, 0) is 30.1 Å². The third kappa shape index (κ3) is 2.30. The van der Waals surface area contributed by atoms with Crippen LogP contribution in [0.4, 0.5) is 4.39 Å². The number of carboxylic acid groups (broad SMARTS) is 1. The Kier molecular flexibility index (Phi) is 3.50. The second-order valence-electron chi connectivity index (χ2n) is 6.38. The molecule has 0 saturated carbocycles. The molecule has 3 aromatic rings. The minimum atomic E-state index is -1.15. The molecule has 2 heterocycles. The third-order valence-electron chi connectivity index (χ3n) is 4.94. The maximum Gasteiger partial charge on any atom is 0.314 e. The second kappa shape index (κ2) is 5.49. The van der Waals surface area contributed by atoms with Crippen molar-refractivity contribution in [3.63, 3.8) is 0 Å². The molecule has 128 valence electrons. The first-order valence-corrected chi connectivity index (χ1v) is 8.70. The summed E-state index contributed by atoms with van der Waals surface area (Å²) in [7, 11) is 1.85. The molecule has 0 saturated heterocycles. The third-order valence-corrected chi connectivity index (χ3v) is 6.06. The minimum absolute atomic E-state index is 0.274. The van der Waals surface area contributed by atoms with Gasteiger partial charge in [0.15, 0.2) is 0 Å². The Balaban J connectivity index is 1.77. The molecule has 1 N–H and O–H groups in total. The lowest BCUT2D eigenvalue weighted by molar-refractivity contribution is -0.143. The van der Waals surface area contributed by atoms with Gasteiger partial charge in [0.2, 0.25) is 0 Å². The average Bonchev–Trinajstić information content (AvgIpc) is 3.22. The molecular formula is C18H16FN3O2S. The zero-order chi connectivity index (χ0) is 17.8. The van der Waals surface area contributed by atoms with E-state index in [0.717, 1.165) is 21.3 Å². The quantitative estimate of drug-likeness (QED) is 0.782. The van der Waals surface area contributed by atoms with Gasteiger partial charge in [-0.25, -0.2) is 9.37 Å². The summed E-state index contributed by atoms with van der Waals surface area (Å²) in [6.07, 6.45) is 2.31. The predicted octanol–water partition coefficient (Wildman–Crippen LogP) is 3.11. The molecule has 1 unspecified atom stereocenters. The van der Waals surface area contributed by atoms with E-state index < -0.39 is 11.4 Å². The maximum atomic E-state index is 14.0. The topological polar surface area (TPSA) is 68.0 Å². The van der Waals surface area contributed by atoms with Crippen molar-refractivity contribution in [2.24, 2.45) is 7.05 Å². The Bertz CT molecular complexity index is 969. The molecule has 25 heavy (non-hydrogen) atoms. The molecule has 4 rings (SSSR count). The molecule has 0 amide bonds. The number of nitrogens with zero attached hydrogens (tertiary/aromatic N) is 3. The fraction of sp³-hybridized carbons (Fsp3) is 0.278. The first-order chi connectivity index (χ1) is 11.9. The Hall–Kier alpha value is -2.54. The van der Waals surface area contributed by atoms with E-state index in [1.165, 1.54) is 17.4 Å². The number of halogens is 1. The number of aromatic nitrogens is 3. The summed E-state index contributed by atoms with van der Waals surface area (Å²) < 4.78 is 15.7. The molecule has 7 heteroatoms. The lowest BCUT2D eigenvalue weighted by Gasteiger charge is -2.26. The van der Waals surface area contributed by atoms with E-state index in [4.69, 9.17) is 0 Å². The number of rotatable bonds is 3. The second-order valence-corrected chi connectivity index (χ2v) is 7.47. The molecule has 0 radical (unpaired) electrons. The minimum Gasteiger partial charge on any atom is -0.481 e. The number of aliphatic carboxylic acids is 1. The summed E-state index contributed by atoms with van der Waals surface area (Å²) in [6, 6.07) is 6.53. The van der Waals surface area contributed by atoms with Crippen LogP contribution in [0.5, 0.6) is 0 Å². The molecule has 1 aromatic carbocycles. The van der Waals surface area contributed by atoms with Crippen LogP contribution in [0.25, 0.3) is 10.7 Å². The van der Waals surface area contributed by atoms with E-state index in [9.17, 15) is 14.3 Å². The van der Waals surface area contributed by atoms with Crippen LogP contribution in [0.3, 0.4) is 0 Å². The van der Waals surface area contributed by atoms with Crippen LogP contribution in [-0.4, -0.2) is 25.8 Å². The van der Waals surface area contributed by atoms with Crippen molar-refractivity contribution >= 4 is 17.3 Å². The molecule has 1 aliphatic rings. The van der Waals surface area contributed by atoms with Crippen LogP contribution < -0.4 is 0 Å². The van der Waals surface area contributed by atoms with Crippen LogP contribution in [0.2, 0.25) is 0 Å². The summed E-state index contributed by atoms with van der Waals surface area (Å²) in [4.78, 5) is 17.8. The number of thiazole rings is 1. The lowest BCUT2D eigenvalue weighted by atomic mass is 9.76. The number of hydrogen-bond donors (Lipinski definition) is 1. The van der Waals surface area contributed by atoms with Crippen molar-refractivity contribution in [3.8, 4) is 10.7 Å². The van der Waals surface area contributed by atoms with Crippen molar-refractivity contribution in [1.29, 1.82) is 0 Å². The molecule has 2 aromatic heterocycles. The molecule has 5 nitrogen and oxygen atoms in total. The zero-order valence-electron chi connectivity index (χ0n) is 13.8. The summed E-state index contributed by atoms with van der Waals surface area (Å²) in [5.74, 6) is -1.31. The van der Waals surface area contributed by atoms with E-state index in [2.05, 4.69) is 10.1 Å². The highest BCUT2D eigenvalue weighted by Crippen LogP contribution is 2.45. The van der Waals surface area contributed by atoms with Crippen molar-refractivity contribution in [2.75, 3.05) is 0 Å².